The number of hydrogen-bond acceptors (Lipinski definition) is 2. The highest BCUT2D eigenvalue weighted by Gasteiger charge is 2.25. The van der Waals surface area contributed by atoms with E-state index in [4.69, 9.17) is 0 Å². The van der Waals surface area contributed by atoms with E-state index in [1.165, 1.54) is 86.1 Å². The Morgan fingerprint density at radius 2 is 0.984 bits per heavy atom. The van der Waals surface area contributed by atoms with Gasteiger partial charge >= 0.3 is 0 Å². The summed E-state index contributed by atoms with van der Waals surface area (Å²) >= 11 is 1.88. The molecule has 61 heavy (non-hydrogen) atoms. The molecule has 12 aromatic rings. The molecule has 0 radical (unpaired) electrons. The first-order valence-electron chi connectivity index (χ1n) is 20.8. The summed E-state index contributed by atoms with van der Waals surface area (Å²) in [7, 11) is 0. The van der Waals surface area contributed by atoms with Gasteiger partial charge in [-0.25, -0.2) is 0 Å². The summed E-state index contributed by atoms with van der Waals surface area (Å²) in [6, 6.07) is 84.1. The molecule has 0 aliphatic carbocycles. The summed E-state index contributed by atoms with van der Waals surface area (Å²) < 4.78 is 4.98. The van der Waals surface area contributed by atoms with Gasteiger partial charge in [-0.1, -0.05) is 170 Å². The van der Waals surface area contributed by atoms with E-state index < -0.39 is 0 Å². The minimum atomic E-state index is 1.10. The van der Waals surface area contributed by atoms with Gasteiger partial charge in [-0.05, 0) is 105 Å². The van der Waals surface area contributed by atoms with Crippen molar-refractivity contribution >= 4 is 81.1 Å². The van der Waals surface area contributed by atoms with Crippen molar-refractivity contribution in [2.75, 3.05) is 4.90 Å². The van der Waals surface area contributed by atoms with Gasteiger partial charge in [0.15, 0.2) is 0 Å². The third kappa shape index (κ3) is 5.85. The van der Waals surface area contributed by atoms with Gasteiger partial charge in [-0.15, -0.1) is 11.3 Å². The van der Waals surface area contributed by atoms with Gasteiger partial charge in [0, 0.05) is 42.3 Å². The smallest absolute Gasteiger partial charge is 0.0562 e. The van der Waals surface area contributed by atoms with Crippen LogP contribution in [0.15, 0.2) is 231 Å². The first-order valence-corrected chi connectivity index (χ1v) is 21.7. The highest BCUT2D eigenvalue weighted by atomic mass is 32.1. The molecule has 0 bridgehead atoms. The number of hydrogen-bond donors (Lipinski definition) is 0. The molecular formula is C58H38N2S. The standard InChI is InChI=1S/C58H38N2S/c1-3-16-41(17-4-1)48-36-37-54(57-50-26-10-12-31-55(50)61-58(48)57)60(53-30-15-29-52-56(53)49-25-9-11-28-51(49)59(52)44-22-5-2-6-23-44)45-34-32-39(33-35-45)42-20-13-21-43(38-42)47-27-14-19-40-18-7-8-24-46(40)47/h1-38H. The normalized spacial score (nSPS) is 11.6. The summed E-state index contributed by atoms with van der Waals surface area (Å²) in [6.07, 6.45) is 0. The number of anilines is 3. The molecule has 0 unspecified atom stereocenters. The fourth-order valence-corrected chi connectivity index (χ4v) is 10.7. The fraction of sp³-hybridized carbons (Fsp3) is 0. The minimum absolute atomic E-state index is 1.10. The molecule has 286 valence electrons. The second-order valence-corrected chi connectivity index (χ2v) is 16.7. The quantitative estimate of drug-likeness (QED) is 0.156. The van der Waals surface area contributed by atoms with Crippen LogP contribution in [0.4, 0.5) is 17.1 Å². The molecule has 0 atom stereocenters. The predicted molar refractivity (Wildman–Crippen MR) is 262 cm³/mol. The fourth-order valence-electron chi connectivity index (χ4n) is 9.44. The molecule has 0 fully saturated rings. The first-order chi connectivity index (χ1) is 30.3. The van der Waals surface area contributed by atoms with Gasteiger partial charge in [0.25, 0.3) is 0 Å². The lowest BCUT2D eigenvalue weighted by Crippen LogP contribution is -2.11. The van der Waals surface area contributed by atoms with E-state index in [1.54, 1.807) is 0 Å². The highest BCUT2D eigenvalue weighted by Crippen LogP contribution is 2.50. The Kier molecular flexibility index (Phi) is 8.39. The van der Waals surface area contributed by atoms with E-state index in [0.717, 1.165) is 22.7 Å². The molecule has 12 rings (SSSR count). The van der Waals surface area contributed by atoms with Crippen LogP contribution in [0.25, 0.3) is 91.8 Å². The molecule has 2 aromatic heterocycles. The van der Waals surface area contributed by atoms with Crippen LogP contribution in [0.1, 0.15) is 0 Å². The number of benzene rings is 10. The van der Waals surface area contributed by atoms with E-state index in [1.807, 2.05) is 11.3 Å². The van der Waals surface area contributed by atoms with Crippen LogP contribution in [0.2, 0.25) is 0 Å². The minimum Gasteiger partial charge on any atom is -0.309 e. The summed E-state index contributed by atoms with van der Waals surface area (Å²) in [5.41, 5.74) is 14.2. The third-order valence-corrected chi connectivity index (χ3v) is 13.4. The molecule has 0 saturated heterocycles. The van der Waals surface area contributed by atoms with Crippen molar-refractivity contribution in [3.05, 3.63) is 231 Å². The lowest BCUT2D eigenvalue weighted by molar-refractivity contribution is 1.18. The molecule has 0 saturated carbocycles. The van der Waals surface area contributed by atoms with Crippen molar-refractivity contribution in [2.45, 2.75) is 0 Å². The molecule has 0 spiro atoms. The van der Waals surface area contributed by atoms with Crippen molar-refractivity contribution in [3.63, 3.8) is 0 Å². The topological polar surface area (TPSA) is 8.17 Å². The Morgan fingerprint density at radius 1 is 0.361 bits per heavy atom. The maximum absolute atomic E-state index is 2.51. The van der Waals surface area contributed by atoms with Crippen molar-refractivity contribution in [3.8, 4) is 39.1 Å². The first kappa shape index (κ1) is 35.2. The maximum Gasteiger partial charge on any atom is 0.0562 e. The summed E-state index contributed by atoms with van der Waals surface area (Å²) in [6.45, 7) is 0. The van der Waals surface area contributed by atoms with Gasteiger partial charge in [0.1, 0.15) is 0 Å². The van der Waals surface area contributed by atoms with Crippen LogP contribution >= 0.6 is 11.3 Å². The maximum atomic E-state index is 2.51. The SMILES string of the molecule is c1ccc(-c2ccc(N(c3ccc(-c4cccc(-c5cccc6ccccc56)c4)cc3)c3cccc4c3c3ccccc3n4-c3ccccc3)c3c2sc2ccccc23)cc1. The number of para-hydroxylation sites is 2. The Hall–Kier alpha value is -7.72. The monoisotopic (exact) mass is 794 g/mol. The highest BCUT2D eigenvalue weighted by molar-refractivity contribution is 7.26. The van der Waals surface area contributed by atoms with E-state index in [0.29, 0.717) is 0 Å². The Balaban J connectivity index is 1.10. The van der Waals surface area contributed by atoms with Crippen molar-refractivity contribution < 1.29 is 0 Å². The van der Waals surface area contributed by atoms with Gasteiger partial charge in [-0.3, -0.25) is 0 Å². The van der Waals surface area contributed by atoms with Crippen molar-refractivity contribution in [1.82, 2.24) is 4.57 Å². The Bertz CT molecular complexity index is 3560. The number of thiophene rings is 1. The van der Waals surface area contributed by atoms with E-state index in [9.17, 15) is 0 Å². The lowest BCUT2D eigenvalue weighted by atomic mass is 9.95. The van der Waals surface area contributed by atoms with Crippen LogP contribution in [-0.2, 0) is 0 Å². The third-order valence-electron chi connectivity index (χ3n) is 12.2. The Labute approximate surface area is 358 Å². The average molecular weight is 795 g/mol. The predicted octanol–water partition coefficient (Wildman–Crippen LogP) is 16.8. The molecule has 2 heterocycles. The van der Waals surface area contributed by atoms with Crippen LogP contribution in [-0.4, -0.2) is 4.57 Å². The second kappa shape index (κ2) is 14.5. The molecule has 10 aromatic carbocycles. The number of rotatable bonds is 7. The molecule has 2 nitrogen and oxygen atoms in total. The van der Waals surface area contributed by atoms with Crippen molar-refractivity contribution in [1.29, 1.82) is 0 Å². The van der Waals surface area contributed by atoms with Gasteiger partial charge in [0.05, 0.1) is 22.4 Å². The molecule has 0 N–H and O–H groups in total. The van der Waals surface area contributed by atoms with Crippen LogP contribution in [0.5, 0.6) is 0 Å². The summed E-state index contributed by atoms with van der Waals surface area (Å²) in [5, 5.41) is 7.48. The van der Waals surface area contributed by atoms with Crippen LogP contribution < -0.4 is 4.90 Å². The van der Waals surface area contributed by atoms with Crippen LogP contribution in [0.3, 0.4) is 0 Å². The average Bonchev–Trinajstić information content (AvgIpc) is 3.89. The number of nitrogens with zero attached hydrogens (tertiary/aromatic N) is 2. The second-order valence-electron chi connectivity index (χ2n) is 15.6. The number of aromatic nitrogens is 1. The van der Waals surface area contributed by atoms with Gasteiger partial charge in [-0.2, -0.15) is 0 Å². The van der Waals surface area contributed by atoms with E-state index in [-0.39, 0.29) is 0 Å². The summed E-state index contributed by atoms with van der Waals surface area (Å²) in [4.78, 5) is 2.51. The lowest BCUT2D eigenvalue weighted by Gasteiger charge is -2.28. The van der Waals surface area contributed by atoms with Crippen LogP contribution in [0, 0.1) is 0 Å². The molecule has 0 amide bonds. The zero-order chi connectivity index (χ0) is 40.3. The largest absolute Gasteiger partial charge is 0.309 e. The zero-order valence-electron chi connectivity index (χ0n) is 33.2. The number of fused-ring (bicyclic) bond motifs is 7. The molecule has 3 heteroatoms. The summed E-state index contributed by atoms with van der Waals surface area (Å²) in [5.74, 6) is 0. The van der Waals surface area contributed by atoms with Gasteiger partial charge in [0.2, 0.25) is 0 Å². The molecular weight excluding hydrogens is 757 g/mol. The van der Waals surface area contributed by atoms with E-state index in [2.05, 4.69) is 240 Å². The van der Waals surface area contributed by atoms with Crippen molar-refractivity contribution in [2.24, 2.45) is 0 Å². The van der Waals surface area contributed by atoms with Gasteiger partial charge < -0.3 is 9.47 Å². The van der Waals surface area contributed by atoms with E-state index >= 15 is 0 Å². The zero-order valence-corrected chi connectivity index (χ0v) is 34.1. The molecule has 0 aliphatic rings. The Morgan fingerprint density at radius 3 is 1.84 bits per heavy atom. The molecule has 0 aliphatic heterocycles.